The van der Waals surface area contributed by atoms with Crippen LogP contribution in [0.4, 0.5) is 0 Å². The van der Waals surface area contributed by atoms with Crippen molar-refractivity contribution in [2.75, 3.05) is 7.11 Å². The van der Waals surface area contributed by atoms with Crippen LogP contribution >= 0.6 is 0 Å². The van der Waals surface area contributed by atoms with E-state index in [1.54, 1.807) is 6.20 Å². The molecular weight excluding hydrogens is 156 g/mol. The summed E-state index contributed by atoms with van der Waals surface area (Å²) < 4.78 is 4.51. The fourth-order valence-corrected chi connectivity index (χ4v) is 0.818. The molecule has 0 aliphatic heterocycles. The van der Waals surface area contributed by atoms with Gasteiger partial charge in [-0.1, -0.05) is 0 Å². The van der Waals surface area contributed by atoms with Crippen LogP contribution in [-0.2, 0) is 16.0 Å². The van der Waals surface area contributed by atoms with Gasteiger partial charge in [0.15, 0.2) is 0 Å². The molecule has 4 heteroatoms. The van der Waals surface area contributed by atoms with Gasteiger partial charge in [-0.2, -0.15) is 0 Å². The number of rotatable bonds is 2. The van der Waals surface area contributed by atoms with Gasteiger partial charge in [0.1, 0.15) is 6.33 Å². The monoisotopic (exact) mass is 166 g/mol. The number of methoxy groups -OCH3 is 1. The Morgan fingerprint density at radius 2 is 2.42 bits per heavy atom. The summed E-state index contributed by atoms with van der Waals surface area (Å²) in [6.45, 7) is 1.86. The average Bonchev–Trinajstić information content (AvgIpc) is 2.09. The number of carbonyl (C=O) groups is 1. The second kappa shape index (κ2) is 3.80. The Morgan fingerprint density at radius 3 is 3.00 bits per heavy atom. The highest BCUT2D eigenvalue weighted by atomic mass is 16.5. The minimum Gasteiger partial charge on any atom is -0.469 e. The van der Waals surface area contributed by atoms with Gasteiger partial charge in [0.2, 0.25) is 0 Å². The maximum atomic E-state index is 10.9. The van der Waals surface area contributed by atoms with Crippen LogP contribution in [-0.4, -0.2) is 23.0 Å². The van der Waals surface area contributed by atoms with Crippen LogP contribution in [0.1, 0.15) is 11.3 Å². The molecule has 0 radical (unpaired) electrons. The number of aryl methyl sites for hydroxylation is 1. The Balaban J connectivity index is 2.75. The molecule has 0 bridgehead atoms. The Kier molecular flexibility index (Phi) is 2.74. The SMILES string of the molecule is COC(=O)Cc1ncncc1C. The topological polar surface area (TPSA) is 52.1 Å². The standard InChI is InChI=1S/C8H10N2O2/c1-6-4-9-5-10-7(6)3-8(11)12-2/h4-5H,3H2,1-2H3. The Bertz CT molecular complexity index is 286. The summed E-state index contributed by atoms with van der Waals surface area (Å²) in [5.41, 5.74) is 1.62. The van der Waals surface area contributed by atoms with Gasteiger partial charge in [-0.15, -0.1) is 0 Å². The van der Waals surface area contributed by atoms with Crippen molar-refractivity contribution in [2.24, 2.45) is 0 Å². The van der Waals surface area contributed by atoms with Crippen molar-refractivity contribution in [1.29, 1.82) is 0 Å². The minimum atomic E-state index is -0.281. The van der Waals surface area contributed by atoms with Gasteiger partial charge in [0.25, 0.3) is 0 Å². The maximum absolute atomic E-state index is 10.9. The van der Waals surface area contributed by atoms with Crippen molar-refractivity contribution in [2.45, 2.75) is 13.3 Å². The fourth-order valence-electron chi connectivity index (χ4n) is 0.818. The van der Waals surface area contributed by atoms with Gasteiger partial charge in [-0.25, -0.2) is 9.97 Å². The first kappa shape index (κ1) is 8.64. The lowest BCUT2D eigenvalue weighted by atomic mass is 10.2. The smallest absolute Gasteiger partial charge is 0.311 e. The van der Waals surface area contributed by atoms with Crippen LogP contribution in [0.15, 0.2) is 12.5 Å². The van der Waals surface area contributed by atoms with E-state index in [1.807, 2.05) is 6.92 Å². The van der Waals surface area contributed by atoms with Crippen molar-refractivity contribution in [3.63, 3.8) is 0 Å². The third kappa shape index (κ3) is 2.02. The highest BCUT2D eigenvalue weighted by Crippen LogP contribution is 2.02. The molecule has 1 aromatic heterocycles. The minimum absolute atomic E-state index is 0.213. The molecule has 0 aliphatic rings. The lowest BCUT2D eigenvalue weighted by Crippen LogP contribution is -2.07. The molecule has 1 aromatic rings. The summed E-state index contributed by atoms with van der Waals surface area (Å²) >= 11 is 0. The van der Waals surface area contributed by atoms with Crippen molar-refractivity contribution in [1.82, 2.24) is 9.97 Å². The normalized spacial score (nSPS) is 9.50. The summed E-state index contributed by atoms with van der Waals surface area (Å²) in [6, 6.07) is 0. The molecule has 0 saturated heterocycles. The molecule has 0 saturated carbocycles. The second-order valence-electron chi connectivity index (χ2n) is 2.41. The largest absolute Gasteiger partial charge is 0.469 e. The number of ether oxygens (including phenoxy) is 1. The quantitative estimate of drug-likeness (QED) is 0.600. The van der Waals surface area contributed by atoms with E-state index in [4.69, 9.17) is 0 Å². The van der Waals surface area contributed by atoms with E-state index in [2.05, 4.69) is 14.7 Å². The molecule has 0 amide bonds. The molecule has 64 valence electrons. The zero-order chi connectivity index (χ0) is 8.97. The fraction of sp³-hybridized carbons (Fsp3) is 0.375. The average molecular weight is 166 g/mol. The predicted octanol–water partition coefficient (Wildman–Crippen LogP) is 0.501. The molecule has 0 aromatic carbocycles. The molecular formula is C8H10N2O2. The molecule has 0 atom stereocenters. The van der Waals surface area contributed by atoms with Crippen LogP contribution in [0.3, 0.4) is 0 Å². The first-order valence-electron chi connectivity index (χ1n) is 3.56. The zero-order valence-electron chi connectivity index (χ0n) is 7.07. The molecule has 4 nitrogen and oxygen atoms in total. The number of aromatic nitrogens is 2. The molecule has 0 spiro atoms. The van der Waals surface area contributed by atoms with E-state index in [0.717, 1.165) is 11.3 Å². The van der Waals surface area contributed by atoms with Crippen LogP contribution in [0.2, 0.25) is 0 Å². The Labute approximate surface area is 70.6 Å². The van der Waals surface area contributed by atoms with Crippen molar-refractivity contribution in [3.8, 4) is 0 Å². The van der Waals surface area contributed by atoms with Gasteiger partial charge < -0.3 is 4.74 Å². The lowest BCUT2D eigenvalue weighted by molar-refractivity contribution is -0.139. The molecule has 1 heterocycles. The Morgan fingerprint density at radius 1 is 1.67 bits per heavy atom. The second-order valence-corrected chi connectivity index (χ2v) is 2.41. The molecule has 1 rings (SSSR count). The number of esters is 1. The zero-order valence-corrected chi connectivity index (χ0v) is 7.07. The van der Waals surface area contributed by atoms with Gasteiger partial charge in [0, 0.05) is 6.20 Å². The molecule has 0 fully saturated rings. The highest BCUT2D eigenvalue weighted by Gasteiger charge is 2.05. The number of nitrogens with zero attached hydrogens (tertiary/aromatic N) is 2. The van der Waals surface area contributed by atoms with Crippen LogP contribution in [0, 0.1) is 6.92 Å². The van der Waals surface area contributed by atoms with Crippen LogP contribution in [0.5, 0.6) is 0 Å². The van der Waals surface area contributed by atoms with E-state index in [-0.39, 0.29) is 12.4 Å². The number of hydrogen-bond acceptors (Lipinski definition) is 4. The lowest BCUT2D eigenvalue weighted by Gasteiger charge is -2.00. The summed E-state index contributed by atoms with van der Waals surface area (Å²) in [7, 11) is 1.36. The maximum Gasteiger partial charge on any atom is 0.311 e. The molecule has 0 aliphatic carbocycles. The predicted molar refractivity (Wildman–Crippen MR) is 42.5 cm³/mol. The van der Waals surface area contributed by atoms with Crippen LogP contribution in [0.25, 0.3) is 0 Å². The summed E-state index contributed by atoms with van der Waals surface area (Å²) in [6.07, 6.45) is 3.31. The molecule has 12 heavy (non-hydrogen) atoms. The van der Waals surface area contributed by atoms with Gasteiger partial charge in [0.05, 0.1) is 19.2 Å². The van der Waals surface area contributed by atoms with Crippen molar-refractivity contribution >= 4 is 5.97 Å². The van der Waals surface area contributed by atoms with Gasteiger partial charge in [-0.05, 0) is 12.5 Å². The van der Waals surface area contributed by atoms with E-state index in [0.29, 0.717) is 0 Å². The third-order valence-corrected chi connectivity index (χ3v) is 1.54. The van der Waals surface area contributed by atoms with Gasteiger partial charge in [-0.3, -0.25) is 4.79 Å². The Hall–Kier alpha value is -1.45. The van der Waals surface area contributed by atoms with Crippen LogP contribution < -0.4 is 0 Å². The first-order chi connectivity index (χ1) is 5.74. The first-order valence-corrected chi connectivity index (χ1v) is 3.56. The van der Waals surface area contributed by atoms with Crippen molar-refractivity contribution in [3.05, 3.63) is 23.8 Å². The van der Waals surface area contributed by atoms with Gasteiger partial charge >= 0.3 is 5.97 Å². The van der Waals surface area contributed by atoms with Crippen molar-refractivity contribution < 1.29 is 9.53 Å². The molecule has 0 N–H and O–H groups in total. The third-order valence-electron chi connectivity index (χ3n) is 1.54. The highest BCUT2D eigenvalue weighted by molar-refractivity contribution is 5.72. The summed E-state index contributed by atoms with van der Waals surface area (Å²) in [4.78, 5) is 18.6. The number of hydrogen-bond donors (Lipinski definition) is 0. The van der Waals surface area contributed by atoms with E-state index in [9.17, 15) is 4.79 Å². The van der Waals surface area contributed by atoms with E-state index >= 15 is 0 Å². The summed E-state index contributed by atoms with van der Waals surface area (Å²) in [5.74, 6) is -0.281. The van der Waals surface area contributed by atoms with E-state index < -0.39 is 0 Å². The molecule has 0 unspecified atom stereocenters. The van der Waals surface area contributed by atoms with E-state index in [1.165, 1.54) is 13.4 Å². The summed E-state index contributed by atoms with van der Waals surface area (Å²) in [5, 5.41) is 0. The number of carbonyl (C=O) groups excluding carboxylic acids is 1.